The van der Waals surface area contributed by atoms with E-state index in [4.69, 9.17) is 24.2 Å². The molecule has 0 amide bonds. The van der Waals surface area contributed by atoms with E-state index in [1.807, 2.05) is 0 Å². The van der Waals surface area contributed by atoms with E-state index >= 15 is 0 Å². The fourth-order valence-corrected chi connectivity index (χ4v) is 6.50. The number of carboxylic acids is 1. The standard InChI is InChI=1S/C31H26N4O10/c1-10-25(37)27(39)28(40)31(43-10)45-17-7-3-5-14-22(17)35-24-19-11-8-15-23(34-21-13(32-15)4-2-6-16(21)36)29(26(11)38)44-18(19)9-12(30(41)42)20(24)33-14/h2-7,9-11,25-29,31,36-40H,8H2,1H3,(H,41,42)/t10-,11+,25-,26-,27+,28+,29+,31-/m0/s1. The van der Waals surface area contributed by atoms with Gasteiger partial charge in [0.1, 0.15) is 58.2 Å². The molecule has 4 heterocycles. The first kappa shape index (κ1) is 27.8. The van der Waals surface area contributed by atoms with Gasteiger partial charge in [0.05, 0.1) is 33.9 Å². The second-order valence-corrected chi connectivity index (χ2v) is 11.5. The molecule has 0 saturated carbocycles. The summed E-state index contributed by atoms with van der Waals surface area (Å²) in [6.07, 6.45) is -8.47. The Kier molecular flexibility index (Phi) is 6.11. The Hall–Kier alpha value is -4.73. The highest BCUT2D eigenvalue weighted by molar-refractivity contribution is 6.05. The van der Waals surface area contributed by atoms with Gasteiger partial charge in [0.2, 0.25) is 6.29 Å². The first-order valence-corrected chi connectivity index (χ1v) is 14.3. The Morgan fingerprint density at radius 3 is 2.40 bits per heavy atom. The summed E-state index contributed by atoms with van der Waals surface area (Å²) in [7, 11) is 0. The third kappa shape index (κ3) is 4.11. The van der Waals surface area contributed by atoms with Crippen LogP contribution in [0.4, 0.5) is 0 Å². The maximum Gasteiger partial charge on any atom is 0.338 e. The first-order valence-electron chi connectivity index (χ1n) is 14.3. The van der Waals surface area contributed by atoms with E-state index in [0.29, 0.717) is 22.5 Å². The summed E-state index contributed by atoms with van der Waals surface area (Å²) < 4.78 is 17.8. The van der Waals surface area contributed by atoms with Gasteiger partial charge in [0, 0.05) is 17.9 Å². The number of benzene rings is 3. The SMILES string of the molecule is C[C@@H]1O[C@@H](Oc2cccc3nc4c(C(=O)O)cc5c(c4nc23)[C@H]2Cc3nc4cccc(O)c4nc3[C@@H](O5)[C@H]2O)[C@H](O)[C@H](O)[C@H]1O. The summed E-state index contributed by atoms with van der Waals surface area (Å²) in [5.41, 5.74) is 2.63. The van der Waals surface area contributed by atoms with Gasteiger partial charge in [-0.25, -0.2) is 24.7 Å². The van der Waals surface area contributed by atoms with Crippen molar-refractivity contribution in [3.8, 4) is 17.2 Å². The zero-order valence-corrected chi connectivity index (χ0v) is 23.5. The van der Waals surface area contributed by atoms with Crippen molar-refractivity contribution in [1.29, 1.82) is 0 Å². The average Bonchev–Trinajstić information content (AvgIpc) is 3.01. The number of phenolic OH excluding ortho intramolecular Hbond substituents is 1. The number of hydrogen-bond donors (Lipinski definition) is 6. The lowest BCUT2D eigenvalue weighted by atomic mass is 9.77. The minimum Gasteiger partial charge on any atom is -0.506 e. The Labute approximate surface area is 253 Å². The van der Waals surface area contributed by atoms with Crippen LogP contribution in [0.1, 0.15) is 46.3 Å². The molecule has 8 atom stereocenters. The highest BCUT2D eigenvalue weighted by Crippen LogP contribution is 2.51. The van der Waals surface area contributed by atoms with Crippen molar-refractivity contribution in [1.82, 2.24) is 19.9 Å². The van der Waals surface area contributed by atoms with Crippen LogP contribution in [0, 0.1) is 0 Å². The zero-order valence-electron chi connectivity index (χ0n) is 23.5. The maximum absolute atomic E-state index is 12.4. The first-order chi connectivity index (χ1) is 21.6. The number of phenols is 1. The van der Waals surface area contributed by atoms with Crippen molar-refractivity contribution in [2.75, 3.05) is 0 Å². The molecular formula is C31H26N4O10. The van der Waals surface area contributed by atoms with Crippen molar-refractivity contribution >= 4 is 39.1 Å². The average molecular weight is 615 g/mol. The minimum atomic E-state index is -1.58. The number of fused-ring (bicyclic) bond motifs is 10. The highest BCUT2D eigenvalue weighted by Gasteiger charge is 2.47. The predicted octanol–water partition coefficient (Wildman–Crippen LogP) is 1.47. The quantitative estimate of drug-likeness (QED) is 0.159. The van der Waals surface area contributed by atoms with Gasteiger partial charge >= 0.3 is 5.97 Å². The fourth-order valence-electron chi connectivity index (χ4n) is 6.50. The van der Waals surface area contributed by atoms with E-state index in [0.717, 1.165) is 0 Å². The van der Waals surface area contributed by atoms with Crippen LogP contribution in [0.15, 0.2) is 42.5 Å². The monoisotopic (exact) mass is 614 g/mol. The van der Waals surface area contributed by atoms with E-state index in [9.17, 15) is 35.4 Å². The molecule has 1 aliphatic carbocycles. The number of rotatable bonds is 3. The summed E-state index contributed by atoms with van der Waals surface area (Å²) in [5, 5.41) is 62.9. The Morgan fingerprint density at radius 2 is 1.62 bits per heavy atom. The van der Waals surface area contributed by atoms with E-state index in [-0.39, 0.29) is 56.8 Å². The van der Waals surface area contributed by atoms with Crippen LogP contribution in [-0.2, 0) is 11.2 Å². The molecule has 2 bridgehead atoms. The number of para-hydroxylation sites is 2. The molecule has 2 aromatic heterocycles. The Bertz CT molecular complexity index is 2060. The number of aliphatic hydroxyl groups is 4. The number of carboxylic acid groups (broad SMARTS) is 1. The third-order valence-electron chi connectivity index (χ3n) is 8.80. The van der Waals surface area contributed by atoms with Gasteiger partial charge in [-0.15, -0.1) is 0 Å². The Morgan fingerprint density at radius 1 is 0.867 bits per heavy atom. The normalized spacial score (nSPS) is 28.8. The third-order valence-corrected chi connectivity index (χ3v) is 8.80. The molecule has 0 spiro atoms. The van der Waals surface area contributed by atoms with Crippen molar-refractivity contribution in [2.24, 2.45) is 0 Å². The van der Waals surface area contributed by atoms with Crippen molar-refractivity contribution in [2.45, 2.75) is 62.2 Å². The Balaban J connectivity index is 1.30. The van der Waals surface area contributed by atoms with Crippen LogP contribution in [-0.4, -0.2) is 93.4 Å². The van der Waals surface area contributed by atoms with Gasteiger partial charge in [-0.2, -0.15) is 0 Å². The molecule has 0 radical (unpaired) electrons. The minimum absolute atomic E-state index is 0.0683. The summed E-state index contributed by atoms with van der Waals surface area (Å²) in [6, 6.07) is 11.0. The molecule has 1 saturated heterocycles. The van der Waals surface area contributed by atoms with Crippen molar-refractivity contribution in [3.63, 3.8) is 0 Å². The lowest BCUT2D eigenvalue weighted by Gasteiger charge is -2.41. The van der Waals surface area contributed by atoms with Gasteiger partial charge in [0.15, 0.2) is 11.9 Å². The van der Waals surface area contributed by atoms with Crippen molar-refractivity contribution < 1.29 is 49.6 Å². The zero-order chi connectivity index (χ0) is 31.3. The van der Waals surface area contributed by atoms with Gasteiger partial charge < -0.3 is 44.8 Å². The number of hydrogen-bond acceptors (Lipinski definition) is 13. The lowest BCUT2D eigenvalue weighted by Crippen LogP contribution is -2.58. The number of aliphatic hydroxyl groups excluding tert-OH is 4. The van der Waals surface area contributed by atoms with E-state index < -0.39 is 54.8 Å². The second-order valence-electron chi connectivity index (χ2n) is 11.5. The highest BCUT2D eigenvalue weighted by atomic mass is 16.7. The molecule has 2 aliphatic heterocycles. The fraction of sp³-hybridized carbons (Fsp3) is 0.323. The van der Waals surface area contributed by atoms with Gasteiger partial charge in [-0.3, -0.25) is 0 Å². The van der Waals surface area contributed by atoms with E-state index in [1.165, 1.54) is 19.1 Å². The predicted molar refractivity (Wildman–Crippen MR) is 154 cm³/mol. The molecular weight excluding hydrogens is 588 g/mol. The smallest absolute Gasteiger partial charge is 0.338 e. The molecule has 14 heteroatoms. The van der Waals surface area contributed by atoms with E-state index in [2.05, 4.69) is 9.97 Å². The van der Waals surface area contributed by atoms with Gasteiger partial charge in [0.25, 0.3) is 0 Å². The second kappa shape index (κ2) is 9.89. The van der Waals surface area contributed by atoms with Crippen LogP contribution in [0.2, 0.25) is 0 Å². The van der Waals surface area contributed by atoms with Gasteiger partial charge in [-0.05, 0) is 37.3 Å². The maximum atomic E-state index is 12.4. The number of ether oxygens (including phenoxy) is 3. The summed E-state index contributed by atoms with van der Waals surface area (Å²) in [4.78, 5) is 31.2. The lowest BCUT2D eigenvalue weighted by molar-refractivity contribution is -0.267. The number of nitrogens with zero attached hydrogens (tertiary/aromatic N) is 4. The summed E-state index contributed by atoms with van der Waals surface area (Å²) >= 11 is 0. The number of carbonyl (C=O) groups is 1. The molecule has 8 rings (SSSR count). The van der Waals surface area contributed by atoms with Crippen LogP contribution in [0.3, 0.4) is 0 Å². The molecule has 6 N–H and O–H groups in total. The molecule has 3 aromatic carbocycles. The molecule has 3 aliphatic rings. The summed E-state index contributed by atoms with van der Waals surface area (Å²) in [5.74, 6) is -1.64. The topological polar surface area (TPSA) is 218 Å². The van der Waals surface area contributed by atoms with Crippen LogP contribution < -0.4 is 9.47 Å². The van der Waals surface area contributed by atoms with Crippen molar-refractivity contribution in [3.05, 3.63) is 65.0 Å². The van der Waals surface area contributed by atoms with Crippen LogP contribution in [0.5, 0.6) is 17.2 Å². The molecule has 0 unspecified atom stereocenters. The number of aromatic carboxylic acids is 1. The number of aromatic nitrogens is 4. The number of aromatic hydroxyl groups is 1. The largest absolute Gasteiger partial charge is 0.506 e. The molecule has 45 heavy (non-hydrogen) atoms. The van der Waals surface area contributed by atoms with Crippen LogP contribution in [0.25, 0.3) is 33.1 Å². The summed E-state index contributed by atoms with van der Waals surface area (Å²) in [6.45, 7) is 1.53. The van der Waals surface area contributed by atoms with Crippen LogP contribution >= 0.6 is 0 Å². The molecule has 1 fully saturated rings. The van der Waals surface area contributed by atoms with Gasteiger partial charge in [-0.1, -0.05) is 12.1 Å². The molecule has 230 valence electrons. The molecule has 14 nitrogen and oxygen atoms in total. The molecule has 5 aromatic rings. The van der Waals surface area contributed by atoms with E-state index in [1.54, 1.807) is 30.3 Å².